The third kappa shape index (κ3) is 1.31. The Hall–Kier alpha value is -1.01. The highest BCUT2D eigenvalue weighted by molar-refractivity contribution is 6.35. The monoisotopic (exact) mass is 190 g/mol. The number of benzene rings is 2. The fourth-order valence-corrected chi connectivity index (χ4v) is 2.00. The van der Waals surface area contributed by atoms with Crippen molar-refractivity contribution >= 4 is 22.4 Å². The highest BCUT2D eigenvalue weighted by atomic mass is 35.5. The van der Waals surface area contributed by atoms with Crippen molar-refractivity contribution < 1.29 is 0 Å². The lowest BCUT2D eigenvalue weighted by molar-refractivity contribution is 1.48. The minimum atomic E-state index is 0.846. The van der Waals surface area contributed by atoms with E-state index in [0.29, 0.717) is 0 Å². The van der Waals surface area contributed by atoms with Gasteiger partial charge in [0.25, 0.3) is 0 Å². The van der Waals surface area contributed by atoms with E-state index < -0.39 is 0 Å². The molecule has 0 saturated heterocycles. The Labute approximate surface area is 83.1 Å². The van der Waals surface area contributed by atoms with Crippen molar-refractivity contribution in [3.63, 3.8) is 0 Å². The first-order chi connectivity index (χ1) is 6.20. The van der Waals surface area contributed by atoms with Gasteiger partial charge in [0, 0.05) is 10.4 Å². The van der Waals surface area contributed by atoms with E-state index in [1.165, 1.54) is 21.9 Å². The predicted molar refractivity (Wildman–Crippen MR) is 58.4 cm³/mol. The molecule has 0 aromatic heterocycles. The molecule has 13 heavy (non-hydrogen) atoms. The van der Waals surface area contributed by atoms with Crippen LogP contribution in [0, 0.1) is 13.8 Å². The predicted octanol–water partition coefficient (Wildman–Crippen LogP) is 4.11. The Balaban J connectivity index is 3.00. The summed E-state index contributed by atoms with van der Waals surface area (Å²) in [6, 6.07) is 10.3. The van der Waals surface area contributed by atoms with E-state index in [1.54, 1.807) is 0 Å². The van der Waals surface area contributed by atoms with Gasteiger partial charge in [0.15, 0.2) is 0 Å². The lowest BCUT2D eigenvalue weighted by atomic mass is 10.0. The molecule has 0 aliphatic rings. The minimum Gasteiger partial charge on any atom is -0.0837 e. The average Bonchev–Trinajstić information content (AvgIpc) is 2.12. The van der Waals surface area contributed by atoms with Crippen LogP contribution in [0.15, 0.2) is 30.3 Å². The molecule has 2 aromatic carbocycles. The van der Waals surface area contributed by atoms with E-state index in [-0.39, 0.29) is 0 Å². The van der Waals surface area contributed by atoms with Gasteiger partial charge in [0.2, 0.25) is 0 Å². The largest absolute Gasteiger partial charge is 0.0837 e. The molecule has 1 heteroatoms. The molecule has 0 bridgehead atoms. The summed E-state index contributed by atoms with van der Waals surface area (Å²) < 4.78 is 0. The molecular formula is C12H11Cl. The van der Waals surface area contributed by atoms with Gasteiger partial charge in [-0.3, -0.25) is 0 Å². The third-order valence-corrected chi connectivity index (χ3v) is 2.73. The summed E-state index contributed by atoms with van der Waals surface area (Å²) in [4.78, 5) is 0. The van der Waals surface area contributed by atoms with Gasteiger partial charge >= 0.3 is 0 Å². The molecule has 2 aromatic rings. The molecular weight excluding hydrogens is 180 g/mol. The fraction of sp³-hybridized carbons (Fsp3) is 0.167. The average molecular weight is 191 g/mol. The van der Waals surface area contributed by atoms with E-state index in [9.17, 15) is 0 Å². The maximum Gasteiger partial charge on any atom is 0.0487 e. The second-order valence-electron chi connectivity index (χ2n) is 3.36. The van der Waals surface area contributed by atoms with Crippen molar-refractivity contribution in [1.82, 2.24) is 0 Å². The summed E-state index contributed by atoms with van der Waals surface area (Å²) in [5.74, 6) is 0. The number of rotatable bonds is 0. The van der Waals surface area contributed by atoms with Gasteiger partial charge < -0.3 is 0 Å². The van der Waals surface area contributed by atoms with Crippen LogP contribution in [-0.4, -0.2) is 0 Å². The molecule has 0 heterocycles. The van der Waals surface area contributed by atoms with Gasteiger partial charge in [-0.15, -0.1) is 0 Å². The Morgan fingerprint density at radius 2 is 1.69 bits per heavy atom. The summed E-state index contributed by atoms with van der Waals surface area (Å²) >= 11 is 6.13. The van der Waals surface area contributed by atoms with Gasteiger partial charge in [-0.2, -0.15) is 0 Å². The van der Waals surface area contributed by atoms with Gasteiger partial charge in [-0.1, -0.05) is 35.9 Å². The molecule has 0 radical (unpaired) electrons. The van der Waals surface area contributed by atoms with Crippen LogP contribution in [0.5, 0.6) is 0 Å². The smallest absolute Gasteiger partial charge is 0.0487 e. The zero-order valence-electron chi connectivity index (χ0n) is 7.76. The maximum atomic E-state index is 6.13. The lowest BCUT2D eigenvalue weighted by Crippen LogP contribution is -1.82. The van der Waals surface area contributed by atoms with Gasteiger partial charge in [0.05, 0.1) is 0 Å². The fourth-order valence-electron chi connectivity index (χ4n) is 1.68. The minimum absolute atomic E-state index is 0.846. The van der Waals surface area contributed by atoms with Crippen molar-refractivity contribution in [1.29, 1.82) is 0 Å². The molecule has 0 N–H and O–H groups in total. The highest BCUT2D eigenvalue weighted by Gasteiger charge is 2.03. The SMILES string of the molecule is Cc1ccc(Cl)c2c(C)cccc12. The Morgan fingerprint density at radius 3 is 2.38 bits per heavy atom. The quantitative estimate of drug-likeness (QED) is 0.587. The van der Waals surface area contributed by atoms with Crippen LogP contribution in [0.3, 0.4) is 0 Å². The van der Waals surface area contributed by atoms with Crippen LogP contribution >= 0.6 is 11.6 Å². The summed E-state index contributed by atoms with van der Waals surface area (Å²) in [6.45, 7) is 4.20. The zero-order valence-corrected chi connectivity index (χ0v) is 8.52. The maximum absolute atomic E-state index is 6.13. The van der Waals surface area contributed by atoms with Gasteiger partial charge in [-0.05, 0) is 36.4 Å². The normalized spacial score (nSPS) is 10.7. The molecule has 0 aliphatic carbocycles. The second kappa shape index (κ2) is 3.04. The van der Waals surface area contributed by atoms with E-state index in [2.05, 4.69) is 38.1 Å². The molecule has 0 amide bonds. The van der Waals surface area contributed by atoms with E-state index in [0.717, 1.165) is 5.02 Å². The van der Waals surface area contributed by atoms with Crippen molar-refractivity contribution in [3.05, 3.63) is 46.5 Å². The second-order valence-corrected chi connectivity index (χ2v) is 3.77. The number of fused-ring (bicyclic) bond motifs is 1. The van der Waals surface area contributed by atoms with Crippen molar-refractivity contribution in [2.75, 3.05) is 0 Å². The van der Waals surface area contributed by atoms with Crippen LogP contribution in [-0.2, 0) is 0 Å². The van der Waals surface area contributed by atoms with Crippen LogP contribution in [0.25, 0.3) is 10.8 Å². The number of hydrogen-bond acceptors (Lipinski definition) is 0. The summed E-state index contributed by atoms with van der Waals surface area (Å²) in [7, 11) is 0. The van der Waals surface area contributed by atoms with E-state index in [4.69, 9.17) is 11.6 Å². The Bertz CT molecular complexity index is 450. The van der Waals surface area contributed by atoms with E-state index >= 15 is 0 Å². The van der Waals surface area contributed by atoms with Crippen LogP contribution < -0.4 is 0 Å². The molecule has 0 aliphatic heterocycles. The first kappa shape index (κ1) is 8.58. The lowest BCUT2D eigenvalue weighted by Gasteiger charge is -2.06. The van der Waals surface area contributed by atoms with Crippen molar-refractivity contribution in [3.8, 4) is 0 Å². The molecule has 0 nitrogen and oxygen atoms in total. The molecule has 0 atom stereocenters. The number of halogens is 1. The summed E-state index contributed by atoms with van der Waals surface area (Å²) in [5, 5.41) is 3.29. The first-order valence-corrected chi connectivity index (χ1v) is 4.72. The molecule has 0 spiro atoms. The highest BCUT2D eigenvalue weighted by Crippen LogP contribution is 2.28. The van der Waals surface area contributed by atoms with Gasteiger partial charge in [0.1, 0.15) is 0 Å². The van der Waals surface area contributed by atoms with Crippen molar-refractivity contribution in [2.45, 2.75) is 13.8 Å². The standard InChI is InChI=1S/C12H11Cl/c1-8-6-7-11(13)12-9(2)4-3-5-10(8)12/h3-7H,1-2H3. The third-order valence-electron chi connectivity index (χ3n) is 2.42. The molecule has 2 rings (SSSR count). The van der Waals surface area contributed by atoms with Crippen LogP contribution in [0.2, 0.25) is 5.02 Å². The van der Waals surface area contributed by atoms with Crippen LogP contribution in [0.4, 0.5) is 0 Å². The molecule has 0 saturated carbocycles. The Kier molecular flexibility index (Phi) is 2.01. The topological polar surface area (TPSA) is 0 Å². The zero-order chi connectivity index (χ0) is 9.42. The summed E-state index contributed by atoms with van der Waals surface area (Å²) in [6.07, 6.45) is 0. The van der Waals surface area contributed by atoms with Gasteiger partial charge in [-0.25, -0.2) is 0 Å². The number of hydrogen-bond donors (Lipinski definition) is 0. The molecule has 0 fully saturated rings. The number of aryl methyl sites for hydroxylation is 2. The molecule has 0 unspecified atom stereocenters. The molecule has 66 valence electrons. The first-order valence-electron chi connectivity index (χ1n) is 4.34. The van der Waals surface area contributed by atoms with E-state index in [1.807, 2.05) is 6.07 Å². The Morgan fingerprint density at radius 1 is 0.923 bits per heavy atom. The summed E-state index contributed by atoms with van der Waals surface area (Å²) in [5.41, 5.74) is 2.52. The van der Waals surface area contributed by atoms with Crippen LogP contribution in [0.1, 0.15) is 11.1 Å². The van der Waals surface area contributed by atoms with Crippen molar-refractivity contribution in [2.24, 2.45) is 0 Å².